The van der Waals surface area contributed by atoms with Gasteiger partial charge < -0.3 is 9.84 Å². The van der Waals surface area contributed by atoms with Crippen LogP contribution in [0.2, 0.25) is 0 Å². The highest BCUT2D eigenvalue weighted by Crippen LogP contribution is 2.46. The van der Waals surface area contributed by atoms with Gasteiger partial charge in [0.05, 0.1) is 0 Å². The molecule has 4 nitrogen and oxygen atoms in total. The summed E-state index contributed by atoms with van der Waals surface area (Å²) in [7, 11) is 0. The molecule has 0 spiro atoms. The van der Waals surface area contributed by atoms with Crippen LogP contribution >= 0.6 is 0 Å². The van der Waals surface area contributed by atoms with Crippen LogP contribution in [0.25, 0.3) is 0 Å². The molecule has 2 atom stereocenters. The van der Waals surface area contributed by atoms with Gasteiger partial charge in [0, 0.05) is 0 Å². The molecule has 130 valence electrons. The van der Waals surface area contributed by atoms with E-state index in [2.05, 4.69) is 6.92 Å². The summed E-state index contributed by atoms with van der Waals surface area (Å²) in [6, 6.07) is 0. The highest BCUT2D eigenvalue weighted by molar-refractivity contribution is 6.00. The summed E-state index contributed by atoms with van der Waals surface area (Å²) < 4.78 is 5.64. The molecule has 0 radical (unpaired) electrons. The quantitative estimate of drug-likeness (QED) is 0.382. The normalized spacial score (nSPS) is 16.2. The van der Waals surface area contributed by atoms with Crippen LogP contribution in [0, 0.1) is 16.7 Å². The lowest BCUT2D eigenvalue weighted by atomic mass is 9.60. The fourth-order valence-electron chi connectivity index (χ4n) is 3.28. The van der Waals surface area contributed by atoms with Crippen LogP contribution in [-0.2, 0) is 14.3 Å². The van der Waals surface area contributed by atoms with Crippen molar-refractivity contribution < 1.29 is 19.4 Å². The predicted molar refractivity (Wildman–Crippen MR) is 88.7 cm³/mol. The van der Waals surface area contributed by atoms with Gasteiger partial charge in [-0.1, -0.05) is 61.3 Å². The van der Waals surface area contributed by atoms with Crippen molar-refractivity contribution in [3.05, 3.63) is 0 Å². The maximum absolute atomic E-state index is 12.8. The molecule has 0 aromatic carbocycles. The van der Waals surface area contributed by atoms with Gasteiger partial charge in [-0.3, -0.25) is 9.59 Å². The number of rotatable bonds is 9. The first kappa shape index (κ1) is 20.9. The van der Waals surface area contributed by atoms with E-state index in [1.165, 1.54) is 0 Å². The van der Waals surface area contributed by atoms with Crippen molar-refractivity contribution in [2.45, 2.75) is 86.7 Å². The number of carbonyl (C=O) groups excluding carboxylic acids is 1. The summed E-state index contributed by atoms with van der Waals surface area (Å²) in [5, 5.41) is 9.80. The third-order valence-electron chi connectivity index (χ3n) is 4.57. The summed E-state index contributed by atoms with van der Waals surface area (Å²) in [6.07, 6.45) is 4.53. The predicted octanol–water partition coefficient (Wildman–Crippen LogP) is 4.66. The minimum atomic E-state index is -1.52. The molecule has 0 saturated heterocycles. The van der Waals surface area contributed by atoms with E-state index in [1.54, 1.807) is 34.6 Å². The third kappa shape index (κ3) is 4.47. The SMILES string of the molecule is CCCCCC(CC)OC(=O)C(C(=O)O)(C(C)C)C(C)(C)C. The van der Waals surface area contributed by atoms with Crippen molar-refractivity contribution in [1.29, 1.82) is 0 Å². The lowest BCUT2D eigenvalue weighted by Crippen LogP contribution is -2.54. The van der Waals surface area contributed by atoms with E-state index in [0.29, 0.717) is 6.42 Å². The number of hydrogen-bond donors (Lipinski definition) is 1. The standard InChI is InChI=1S/C18H34O4/c1-8-10-11-12-14(9-2)22-16(21)18(13(3)4,15(19)20)17(5,6)7/h13-14H,8-12H2,1-7H3,(H,19,20). The van der Waals surface area contributed by atoms with Crippen molar-refractivity contribution >= 4 is 11.9 Å². The minimum Gasteiger partial charge on any atom is -0.480 e. The molecule has 0 fully saturated rings. The molecule has 2 unspecified atom stereocenters. The molecule has 22 heavy (non-hydrogen) atoms. The second-order valence-electron chi connectivity index (χ2n) is 7.45. The lowest BCUT2D eigenvalue weighted by Gasteiger charge is -2.42. The molecule has 0 amide bonds. The van der Waals surface area contributed by atoms with Gasteiger partial charge in [-0.25, -0.2) is 0 Å². The number of aliphatic carboxylic acids is 1. The van der Waals surface area contributed by atoms with Gasteiger partial charge in [0.25, 0.3) is 0 Å². The highest BCUT2D eigenvalue weighted by Gasteiger charge is 2.59. The van der Waals surface area contributed by atoms with E-state index in [-0.39, 0.29) is 12.0 Å². The average molecular weight is 314 g/mol. The highest BCUT2D eigenvalue weighted by atomic mass is 16.5. The first-order valence-electron chi connectivity index (χ1n) is 8.50. The molecule has 4 heteroatoms. The molecule has 0 bridgehead atoms. The van der Waals surface area contributed by atoms with Gasteiger partial charge >= 0.3 is 11.9 Å². The molecule has 0 saturated carbocycles. The van der Waals surface area contributed by atoms with E-state index in [4.69, 9.17) is 4.74 Å². The molecule has 0 heterocycles. The number of carboxylic acid groups (broad SMARTS) is 1. The van der Waals surface area contributed by atoms with E-state index in [0.717, 1.165) is 25.7 Å². The van der Waals surface area contributed by atoms with Gasteiger partial charge in [0.2, 0.25) is 0 Å². The summed E-state index contributed by atoms with van der Waals surface area (Å²) in [6.45, 7) is 13.0. The lowest BCUT2D eigenvalue weighted by molar-refractivity contribution is -0.187. The molecule has 0 aliphatic carbocycles. The maximum Gasteiger partial charge on any atom is 0.324 e. The number of unbranched alkanes of at least 4 members (excludes halogenated alkanes) is 2. The van der Waals surface area contributed by atoms with Crippen molar-refractivity contribution in [3.8, 4) is 0 Å². The molecular formula is C18H34O4. The Morgan fingerprint density at radius 1 is 1.09 bits per heavy atom. The van der Waals surface area contributed by atoms with Crippen molar-refractivity contribution in [2.24, 2.45) is 16.7 Å². The van der Waals surface area contributed by atoms with Crippen LogP contribution in [-0.4, -0.2) is 23.1 Å². The molecule has 1 N–H and O–H groups in total. The summed E-state index contributed by atoms with van der Waals surface area (Å²) in [5.74, 6) is -2.03. The number of carboxylic acids is 1. The molecule has 0 aromatic rings. The number of ether oxygens (including phenoxy) is 1. The molecule has 0 aliphatic heterocycles. The van der Waals surface area contributed by atoms with Gasteiger partial charge in [-0.2, -0.15) is 0 Å². The first-order valence-corrected chi connectivity index (χ1v) is 8.50. The fraction of sp³-hybridized carbons (Fsp3) is 0.889. The topological polar surface area (TPSA) is 63.6 Å². The summed E-state index contributed by atoms with van der Waals surface area (Å²) >= 11 is 0. The Labute approximate surface area is 135 Å². The third-order valence-corrected chi connectivity index (χ3v) is 4.57. The second kappa shape index (κ2) is 8.54. The smallest absolute Gasteiger partial charge is 0.324 e. The van der Waals surface area contributed by atoms with E-state index >= 15 is 0 Å². The Bertz CT molecular complexity index is 368. The zero-order valence-electron chi connectivity index (χ0n) is 15.4. The first-order chi connectivity index (χ1) is 10.0. The fourth-order valence-corrected chi connectivity index (χ4v) is 3.28. The summed E-state index contributed by atoms with van der Waals surface area (Å²) in [4.78, 5) is 24.8. The second-order valence-corrected chi connectivity index (χ2v) is 7.45. The maximum atomic E-state index is 12.8. The van der Waals surface area contributed by atoms with Crippen LogP contribution in [0.1, 0.15) is 80.6 Å². The Morgan fingerprint density at radius 3 is 1.95 bits per heavy atom. The Kier molecular flexibility index (Phi) is 8.13. The van der Waals surface area contributed by atoms with Gasteiger partial charge in [-0.15, -0.1) is 0 Å². The van der Waals surface area contributed by atoms with Gasteiger partial charge in [0.15, 0.2) is 5.41 Å². The van der Waals surface area contributed by atoms with Gasteiger partial charge in [-0.05, 0) is 30.6 Å². The summed E-state index contributed by atoms with van der Waals surface area (Å²) in [5.41, 5.74) is -2.24. The number of carbonyl (C=O) groups is 2. The average Bonchev–Trinajstić information content (AvgIpc) is 2.35. The van der Waals surface area contributed by atoms with Crippen LogP contribution in [0.3, 0.4) is 0 Å². The zero-order chi connectivity index (χ0) is 17.6. The number of esters is 1. The Hall–Kier alpha value is -1.06. The van der Waals surface area contributed by atoms with Crippen molar-refractivity contribution in [1.82, 2.24) is 0 Å². The van der Waals surface area contributed by atoms with Crippen molar-refractivity contribution in [2.75, 3.05) is 0 Å². The Balaban J connectivity index is 5.33. The van der Waals surface area contributed by atoms with E-state index < -0.39 is 22.8 Å². The molecule has 0 aliphatic rings. The zero-order valence-corrected chi connectivity index (χ0v) is 15.4. The van der Waals surface area contributed by atoms with Crippen LogP contribution in [0.5, 0.6) is 0 Å². The van der Waals surface area contributed by atoms with E-state index in [9.17, 15) is 14.7 Å². The monoisotopic (exact) mass is 314 g/mol. The minimum absolute atomic E-state index is 0.195. The van der Waals surface area contributed by atoms with Crippen LogP contribution in [0.15, 0.2) is 0 Å². The molecule has 0 rings (SSSR count). The van der Waals surface area contributed by atoms with Gasteiger partial charge in [0.1, 0.15) is 6.10 Å². The largest absolute Gasteiger partial charge is 0.480 e. The van der Waals surface area contributed by atoms with Crippen LogP contribution in [0.4, 0.5) is 0 Å². The van der Waals surface area contributed by atoms with Crippen LogP contribution < -0.4 is 0 Å². The van der Waals surface area contributed by atoms with E-state index in [1.807, 2.05) is 6.92 Å². The molecule has 0 aromatic heterocycles. The molecular weight excluding hydrogens is 280 g/mol. The number of hydrogen-bond acceptors (Lipinski definition) is 3. The Morgan fingerprint density at radius 2 is 1.64 bits per heavy atom. The van der Waals surface area contributed by atoms with Crippen molar-refractivity contribution in [3.63, 3.8) is 0 Å².